The number of rotatable bonds is 3. The number of halogens is 4. The highest BCUT2D eigenvalue weighted by Crippen LogP contribution is 2.43. The molecule has 7 nitrogen and oxygen atoms in total. The van der Waals surface area contributed by atoms with Crippen LogP contribution in [-0.2, 0) is 16.5 Å². The summed E-state index contributed by atoms with van der Waals surface area (Å²) in [5.74, 6) is -1.38. The van der Waals surface area contributed by atoms with Crippen molar-refractivity contribution in [3.8, 4) is 11.1 Å². The lowest BCUT2D eigenvalue weighted by Gasteiger charge is -2.27. The molecule has 3 heterocycles. The molecule has 32 heavy (non-hydrogen) atoms. The number of carbonyl (C=O) groups excluding carboxylic acids is 1. The highest BCUT2D eigenvalue weighted by atomic mass is 19.4. The number of guanidine groups is 1. The quantitative estimate of drug-likeness (QED) is 0.627. The molecule has 0 aliphatic carbocycles. The lowest BCUT2D eigenvalue weighted by molar-refractivity contribution is -0.141. The number of likely N-dealkylation sites (N-methyl/N-ethyl adjacent to an activating group) is 1. The molecule has 2 aromatic heterocycles. The maximum atomic E-state index is 15.1. The first-order valence-corrected chi connectivity index (χ1v) is 9.30. The highest BCUT2D eigenvalue weighted by Gasteiger charge is 2.52. The van der Waals surface area contributed by atoms with E-state index in [0.717, 1.165) is 17.2 Å². The largest absolute Gasteiger partial charge is 0.433 e. The predicted octanol–water partition coefficient (Wildman–Crippen LogP) is 3.04. The predicted molar refractivity (Wildman–Crippen MR) is 107 cm³/mol. The first-order valence-electron chi connectivity index (χ1n) is 9.30. The zero-order chi connectivity index (χ0) is 23.3. The van der Waals surface area contributed by atoms with E-state index in [-0.39, 0.29) is 17.1 Å². The second-order valence-electron chi connectivity index (χ2n) is 7.19. The van der Waals surface area contributed by atoms with Crippen molar-refractivity contribution in [2.75, 3.05) is 7.05 Å². The van der Waals surface area contributed by atoms with Crippen LogP contribution in [0.5, 0.6) is 0 Å². The first-order chi connectivity index (χ1) is 15.0. The Labute approximate surface area is 179 Å². The van der Waals surface area contributed by atoms with Crippen molar-refractivity contribution in [2.24, 2.45) is 10.7 Å². The van der Waals surface area contributed by atoms with Crippen molar-refractivity contribution >= 4 is 11.9 Å². The van der Waals surface area contributed by atoms with Crippen molar-refractivity contribution < 1.29 is 22.4 Å². The monoisotopic (exact) mass is 444 g/mol. The zero-order valence-corrected chi connectivity index (χ0v) is 16.9. The lowest BCUT2D eigenvalue weighted by Crippen LogP contribution is -2.41. The number of aliphatic imine (C=N–C) groups is 1. The van der Waals surface area contributed by atoms with Crippen LogP contribution >= 0.6 is 0 Å². The second-order valence-corrected chi connectivity index (χ2v) is 7.19. The van der Waals surface area contributed by atoms with Crippen LogP contribution in [0.3, 0.4) is 0 Å². The molecule has 1 aliphatic heterocycles. The van der Waals surface area contributed by atoms with Gasteiger partial charge in [0.25, 0.3) is 5.91 Å². The minimum Gasteiger partial charge on any atom is -0.369 e. The molecule has 3 aromatic rings. The van der Waals surface area contributed by atoms with Gasteiger partial charge in [0, 0.05) is 36.8 Å². The average molecular weight is 444 g/mol. The number of nitrogens with zero attached hydrogens (tertiary/aromatic N) is 5. The number of benzene rings is 1. The van der Waals surface area contributed by atoms with E-state index in [9.17, 15) is 18.0 Å². The van der Waals surface area contributed by atoms with Crippen LogP contribution in [0.2, 0.25) is 0 Å². The van der Waals surface area contributed by atoms with E-state index >= 15 is 4.39 Å². The van der Waals surface area contributed by atoms with Crippen LogP contribution in [0, 0.1) is 12.7 Å². The van der Waals surface area contributed by atoms with Gasteiger partial charge >= 0.3 is 6.18 Å². The number of alkyl halides is 3. The van der Waals surface area contributed by atoms with E-state index in [1.807, 2.05) is 0 Å². The number of hydrogen-bond donors (Lipinski definition) is 1. The van der Waals surface area contributed by atoms with Gasteiger partial charge in [-0.15, -0.1) is 0 Å². The summed E-state index contributed by atoms with van der Waals surface area (Å²) < 4.78 is 55.1. The van der Waals surface area contributed by atoms with E-state index in [1.165, 1.54) is 37.6 Å². The molecule has 1 aromatic carbocycles. The standard InChI is InChI=1S/C21H16F4N6O/c1-11-28-9-13(10-29-11)12-3-4-16(22)15(7-12)20(18(32)31(2)19(26)30-20)14-5-6-27-17(8-14)21(23,24)25/h3-10H,1-2H3,(H2,26,30). The van der Waals surface area contributed by atoms with E-state index in [1.54, 1.807) is 6.92 Å². The average Bonchev–Trinajstić information content (AvgIpc) is 2.99. The molecule has 1 atom stereocenters. The summed E-state index contributed by atoms with van der Waals surface area (Å²) in [5.41, 5.74) is 2.93. The van der Waals surface area contributed by atoms with Gasteiger partial charge in [-0.3, -0.25) is 14.7 Å². The molecule has 0 saturated carbocycles. The summed E-state index contributed by atoms with van der Waals surface area (Å²) in [4.78, 5) is 29.9. The van der Waals surface area contributed by atoms with Crippen molar-refractivity contribution in [3.63, 3.8) is 0 Å². The Hall–Kier alpha value is -3.89. The normalized spacial score (nSPS) is 18.8. The van der Waals surface area contributed by atoms with Gasteiger partial charge in [-0.05, 0) is 42.3 Å². The van der Waals surface area contributed by atoms with E-state index in [2.05, 4.69) is 19.9 Å². The Morgan fingerprint density at radius 3 is 2.31 bits per heavy atom. The van der Waals surface area contributed by atoms with Gasteiger partial charge in [0.05, 0.1) is 0 Å². The van der Waals surface area contributed by atoms with Crippen molar-refractivity contribution in [1.29, 1.82) is 0 Å². The van der Waals surface area contributed by atoms with Crippen LogP contribution in [0.25, 0.3) is 11.1 Å². The number of aryl methyl sites for hydroxylation is 1. The molecule has 0 fully saturated rings. The van der Waals surface area contributed by atoms with E-state index in [4.69, 9.17) is 5.73 Å². The molecule has 1 unspecified atom stereocenters. The molecule has 4 rings (SSSR count). The van der Waals surface area contributed by atoms with Crippen LogP contribution < -0.4 is 5.73 Å². The molecule has 1 aliphatic rings. The Morgan fingerprint density at radius 1 is 1.03 bits per heavy atom. The van der Waals surface area contributed by atoms with Crippen LogP contribution in [-0.4, -0.2) is 38.8 Å². The third-order valence-corrected chi connectivity index (χ3v) is 5.18. The molecule has 0 spiro atoms. The van der Waals surface area contributed by atoms with Crippen molar-refractivity contribution in [1.82, 2.24) is 19.9 Å². The van der Waals surface area contributed by atoms with Crippen LogP contribution in [0.1, 0.15) is 22.6 Å². The lowest BCUT2D eigenvalue weighted by atomic mass is 9.81. The Morgan fingerprint density at radius 2 is 1.72 bits per heavy atom. The number of nitrogens with two attached hydrogens (primary N) is 1. The molecule has 164 valence electrons. The third-order valence-electron chi connectivity index (χ3n) is 5.18. The number of pyridine rings is 1. The minimum atomic E-state index is -4.78. The summed E-state index contributed by atoms with van der Waals surface area (Å²) in [6.45, 7) is 1.70. The van der Waals surface area contributed by atoms with Gasteiger partial charge in [0.1, 0.15) is 17.3 Å². The number of amides is 1. The van der Waals surface area contributed by atoms with Gasteiger partial charge < -0.3 is 5.73 Å². The summed E-state index contributed by atoms with van der Waals surface area (Å²) >= 11 is 0. The molecule has 0 radical (unpaired) electrons. The minimum absolute atomic E-state index is 0.215. The Balaban J connectivity index is 1.99. The number of hydrogen-bond acceptors (Lipinski definition) is 6. The van der Waals surface area contributed by atoms with Gasteiger partial charge in [-0.2, -0.15) is 13.2 Å². The SMILES string of the molecule is Cc1ncc(-c2ccc(F)c(C3(c4ccnc(C(F)(F)F)c4)N=C(N)N(C)C3=O)c2)cn1. The smallest absolute Gasteiger partial charge is 0.369 e. The van der Waals surface area contributed by atoms with E-state index in [0.29, 0.717) is 23.0 Å². The topological polar surface area (TPSA) is 97.4 Å². The summed E-state index contributed by atoms with van der Waals surface area (Å²) in [6.07, 6.45) is -0.854. The second kappa shape index (κ2) is 7.36. The molecule has 1 amide bonds. The fraction of sp³-hybridized carbons (Fsp3) is 0.190. The van der Waals surface area contributed by atoms with Crippen molar-refractivity contribution in [3.05, 3.63) is 77.4 Å². The summed E-state index contributed by atoms with van der Waals surface area (Å²) in [5, 5.41) is 0. The molecule has 0 bridgehead atoms. The molecule has 0 saturated heterocycles. The first kappa shape index (κ1) is 21.3. The number of aromatic nitrogens is 3. The Kier molecular flexibility index (Phi) is 4.91. The summed E-state index contributed by atoms with van der Waals surface area (Å²) in [7, 11) is 1.31. The fourth-order valence-corrected chi connectivity index (χ4v) is 3.49. The van der Waals surface area contributed by atoms with Crippen LogP contribution in [0.15, 0.2) is 53.9 Å². The summed E-state index contributed by atoms with van der Waals surface area (Å²) in [6, 6.07) is 5.75. The van der Waals surface area contributed by atoms with Crippen molar-refractivity contribution in [2.45, 2.75) is 18.6 Å². The molecule has 2 N–H and O–H groups in total. The number of carbonyl (C=O) groups is 1. The fourth-order valence-electron chi connectivity index (χ4n) is 3.49. The molecular weight excluding hydrogens is 428 g/mol. The molecule has 11 heteroatoms. The van der Waals surface area contributed by atoms with Gasteiger partial charge in [-0.1, -0.05) is 6.07 Å². The van der Waals surface area contributed by atoms with Gasteiger partial charge in [0.2, 0.25) is 0 Å². The highest BCUT2D eigenvalue weighted by molar-refractivity contribution is 6.09. The third kappa shape index (κ3) is 3.35. The zero-order valence-electron chi connectivity index (χ0n) is 16.9. The van der Waals surface area contributed by atoms with Gasteiger partial charge in [-0.25, -0.2) is 19.4 Å². The maximum absolute atomic E-state index is 15.1. The van der Waals surface area contributed by atoms with E-state index < -0.39 is 29.1 Å². The van der Waals surface area contributed by atoms with Gasteiger partial charge in [0.15, 0.2) is 11.5 Å². The molecular formula is C21H16F4N6O. The Bertz CT molecular complexity index is 1240. The maximum Gasteiger partial charge on any atom is 0.433 e. The van der Waals surface area contributed by atoms with Crippen LogP contribution in [0.4, 0.5) is 17.6 Å².